The average molecular weight is 673 g/mol. The molecule has 0 aromatic heterocycles. The van der Waals surface area contributed by atoms with Gasteiger partial charge in [0, 0.05) is 20.9 Å². The van der Waals surface area contributed by atoms with Crippen molar-refractivity contribution >= 4 is 23.7 Å². The van der Waals surface area contributed by atoms with Gasteiger partial charge in [0.05, 0.1) is 65.3 Å². The standard InChI is InChI=1S/C14H10O4S.2C13H30N/c15-13(16)9-5-1-3-7-11(9)19-12-8-4-2-6-10(12)14(17)18;2*1-5-8-11-14(4,12-9-6-2)13-10-7-3/h1-8H,(H,15,16)(H,17,18);2*5-13H2,1-4H3/q;2*+1/p-2. The summed E-state index contributed by atoms with van der Waals surface area (Å²) in [5.41, 5.74) is 0.0568. The molecule has 0 spiro atoms. The molecule has 2 rings (SSSR count). The number of aromatic carboxylic acids is 2. The summed E-state index contributed by atoms with van der Waals surface area (Å²) < 4.78 is 2.63. The lowest BCUT2D eigenvalue weighted by Crippen LogP contribution is -2.46. The molecule has 0 N–H and O–H groups in total. The number of hydrogen-bond acceptors (Lipinski definition) is 5. The third-order valence-corrected chi connectivity index (χ3v) is 9.89. The summed E-state index contributed by atoms with van der Waals surface area (Å²) >= 11 is 1.06. The molecule has 6 nitrogen and oxygen atoms in total. The summed E-state index contributed by atoms with van der Waals surface area (Å²) in [6, 6.07) is 12.6. The molecule has 0 aliphatic carbocycles. The zero-order chi connectivity index (χ0) is 35.6. The van der Waals surface area contributed by atoms with Crippen molar-refractivity contribution in [1.82, 2.24) is 0 Å². The lowest BCUT2D eigenvalue weighted by molar-refractivity contribution is -0.910. The van der Waals surface area contributed by atoms with Crippen molar-refractivity contribution in [2.45, 2.75) is 128 Å². The first-order valence-electron chi connectivity index (χ1n) is 18.4. The van der Waals surface area contributed by atoms with Gasteiger partial charge in [-0.05, 0) is 50.7 Å². The Hall–Kier alpha value is -2.35. The second-order valence-electron chi connectivity index (χ2n) is 13.4. The predicted octanol–water partition coefficient (Wildman–Crippen LogP) is 8.23. The Bertz CT molecular complexity index is 978. The normalized spacial score (nSPS) is 11.2. The van der Waals surface area contributed by atoms with Crippen LogP contribution in [0.25, 0.3) is 0 Å². The van der Waals surface area contributed by atoms with Crippen LogP contribution in [0, 0.1) is 0 Å². The molecule has 0 aliphatic rings. The number of rotatable bonds is 22. The molecule has 0 saturated carbocycles. The predicted molar refractivity (Wildman–Crippen MR) is 197 cm³/mol. The number of unbranched alkanes of at least 4 members (excludes halogenated alkanes) is 6. The summed E-state index contributed by atoms with van der Waals surface area (Å²) in [5, 5.41) is 22.0. The third kappa shape index (κ3) is 19.9. The van der Waals surface area contributed by atoms with E-state index in [1.807, 2.05) is 0 Å². The first-order valence-corrected chi connectivity index (χ1v) is 19.2. The van der Waals surface area contributed by atoms with Crippen LogP contribution in [0.5, 0.6) is 0 Å². The lowest BCUT2D eigenvalue weighted by Gasteiger charge is -2.34. The summed E-state index contributed by atoms with van der Waals surface area (Å²) in [4.78, 5) is 22.8. The highest BCUT2D eigenvalue weighted by atomic mass is 32.2. The van der Waals surface area contributed by atoms with E-state index >= 15 is 0 Å². The van der Waals surface area contributed by atoms with E-state index in [4.69, 9.17) is 0 Å². The van der Waals surface area contributed by atoms with Crippen molar-refractivity contribution in [2.75, 3.05) is 53.4 Å². The number of quaternary nitrogens is 2. The fourth-order valence-electron chi connectivity index (χ4n) is 5.48. The van der Waals surface area contributed by atoms with Crippen LogP contribution < -0.4 is 10.2 Å². The molecule has 0 bridgehead atoms. The molecule has 268 valence electrons. The van der Waals surface area contributed by atoms with Crippen molar-refractivity contribution in [3.8, 4) is 0 Å². The Morgan fingerprint density at radius 2 is 0.723 bits per heavy atom. The minimum absolute atomic E-state index is 0.0284. The van der Waals surface area contributed by atoms with Crippen molar-refractivity contribution in [3.63, 3.8) is 0 Å². The topological polar surface area (TPSA) is 80.3 Å². The number of carboxylic acids is 2. The van der Waals surface area contributed by atoms with Gasteiger partial charge >= 0.3 is 0 Å². The molecular formula is C40H68N2O4S. The summed E-state index contributed by atoms with van der Waals surface area (Å²) in [6.45, 7) is 22.1. The molecule has 0 amide bonds. The Kier molecular flexibility index (Phi) is 25.3. The van der Waals surface area contributed by atoms with Crippen molar-refractivity contribution in [2.24, 2.45) is 0 Å². The smallest absolute Gasteiger partial charge is 0.0784 e. The van der Waals surface area contributed by atoms with E-state index < -0.39 is 11.9 Å². The zero-order valence-electron chi connectivity index (χ0n) is 31.3. The molecule has 0 atom stereocenters. The SMILES string of the molecule is CCCC[N+](C)(CCCC)CCCC.CCCC[N+](C)(CCCC)CCCC.O=C([O-])c1ccccc1Sc1ccccc1C(=O)[O-]. The van der Waals surface area contributed by atoms with Crippen LogP contribution in [0.3, 0.4) is 0 Å². The third-order valence-electron chi connectivity index (χ3n) is 8.74. The monoisotopic (exact) mass is 672 g/mol. The van der Waals surface area contributed by atoms with Crippen LogP contribution in [0.2, 0.25) is 0 Å². The van der Waals surface area contributed by atoms with E-state index in [0.29, 0.717) is 9.79 Å². The second kappa shape index (κ2) is 26.6. The van der Waals surface area contributed by atoms with Gasteiger partial charge in [-0.1, -0.05) is 128 Å². The van der Waals surface area contributed by atoms with Gasteiger partial charge in [0.15, 0.2) is 0 Å². The van der Waals surface area contributed by atoms with Gasteiger partial charge in [-0.3, -0.25) is 0 Å². The zero-order valence-corrected chi connectivity index (χ0v) is 32.1. The maximum atomic E-state index is 11.0. The van der Waals surface area contributed by atoms with Crippen molar-refractivity contribution < 1.29 is 28.8 Å². The van der Waals surface area contributed by atoms with Gasteiger partial charge in [0.1, 0.15) is 0 Å². The largest absolute Gasteiger partial charge is 0.545 e. The molecule has 47 heavy (non-hydrogen) atoms. The highest BCUT2D eigenvalue weighted by molar-refractivity contribution is 7.99. The highest BCUT2D eigenvalue weighted by Crippen LogP contribution is 2.32. The maximum absolute atomic E-state index is 11.0. The van der Waals surface area contributed by atoms with Crippen LogP contribution in [-0.2, 0) is 0 Å². The van der Waals surface area contributed by atoms with E-state index in [1.54, 1.807) is 36.4 Å². The van der Waals surface area contributed by atoms with Crippen LogP contribution in [0.4, 0.5) is 0 Å². The van der Waals surface area contributed by atoms with Gasteiger partial charge in [-0.15, -0.1) is 0 Å². The minimum atomic E-state index is -1.30. The van der Waals surface area contributed by atoms with Crippen molar-refractivity contribution in [1.29, 1.82) is 0 Å². The van der Waals surface area contributed by atoms with Crippen LogP contribution in [0.1, 0.15) is 139 Å². The van der Waals surface area contributed by atoms with Gasteiger partial charge in [-0.2, -0.15) is 0 Å². The number of hydrogen-bond donors (Lipinski definition) is 0. The highest BCUT2D eigenvalue weighted by Gasteiger charge is 2.20. The van der Waals surface area contributed by atoms with E-state index in [-0.39, 0.29) is 11.1 Å². The Morgan fingerprint density at radius 1 is 0.489 bits per heavy atom. The van der Waals surface area contributed by atoms with E-state index in [1.165, 1.54) is 137 Å². The van der Waals surface area contributed by atoms with E-state index in [0.717, 1.165) is 11.8 Å². The molecule has 0 radical (unpaired) electrons. The number of benzene rings is 2. The Balaban J connectivity index is 0.000000691. The molecule has 2 aromatic carbocycles. The first-order chi connectivity index (χ1) is 22.5. The number of nitrogens with zero attached hydrogens (tertiary/aromatic N) is 2. The molecule has 7 heteroatoms. The molecule has 0 aliphatic heterocycles. The molecule has 0 saturated heterocycles. The van der Waals surface area contributed by atoms with Crippen LogP contribution in [-0.4, -0.2) is 74.3 Å². The fraction of sp³-hybridized carbons (Fsp3) is 0.650. The van der Waals surface area contributed by atoms with Gasteiger partial charge in [-0.25, -0.2) is 0 Å². The lowest BCUT2D eigenvalue weighted by atomic mass is 10.2. The van der Waals surface area contributed by atoms with Gasteiger partial charge in [0.2, 0.25) is 0 Å². The Labute approximate surface area is 293 Å². The van der Waals surface area contributed by atoms with Crippen LogP contribution in [0.15, 0.2) is 58.3 Å². The fourth-order valence-corrected chi connectivity index (χ4v) is 6.53. The van der Waals surface area contributed by atoms with Crippen molar-refractivity contribution in [3.05, 3.63) is 59.7 Å². The minimum Gasteiger partial charge on any atom is -0.545 e. The molecular weight excluding hydrogens is 605 g/mol. The van der Waals surface area contributed by atoms with Gasteiger partial charge in [0.25, 0.3) is 0 Å². The first kappa shape index (κ1) is 44.6. The summed E-state index contributed by atoms with van der Waals surface area (Å²) in [7, 11) is 4.89. The number of carbonyl (C=O) groups excluding carboxylic acids is 2. The molecule has 2 aromatic rings. The van der Waals surface area contributed by atoms with Gasteiger partial charge < -0.3 is 28.8 Å². The van der Waals surface area contributed by atoms with E-state index in [2.05, 4.69) is 55.6 Å². The average Bonchev–Trinajstić information content (AvgIpc) is 3.07. The van der Waals surface area contributed by atoms with Crippen LogP contribution >= 0.6 is 11.8 Å². The quantitative estimate of drug-likeness (QED) is 0.118. The molecule has 0 fully saturated rings. The maximum Gasteiger partial charge on any atom is 0.0784 e. The summed E-state index contributed by atoms with van der Waals surface area (Å²) in [5.74, 6) is -2.59. The Morgan fingerprint density at radius 3 is 0.936 bits per heavy atom. The molecule has 0 unspecified atom stereocenters. The number of carbonyl (C=O) groups is 2. The second-order valence-corrected chi connectivity index (χ2v) is 14.5. The molecule has 0 heterocycles. The van der Waals surface area contributed by atoms with E-state index in [9.17, 15) is 19.8 Å². The number of carboxylic acid groups (broad SMARTS) is 2. The summed E-state index contributed by atoms with van der Waals surface area (Å²) in [6.07, 6.45) is 16.4.